The Kier molecular flexibility index (Phi) is 6.57. The van der Waals surface area contributed by atoms with Gasteiger partial charge < -0.3 is 25.5 Å². The van der Waals surface area contributed by atoms with Gasteiger partial charge in [0.15, 0.2) is 5.60 Å². The van der Waals surface area contributed by atoms with E-state index in [2.05, 4.69) is 48.7 Å². The molecule has 1 aromatic rings. The standard InChI is InChI=1S/C21H32N4O3/c1-16(2)18-6-4-17(5-7-18)14-25-11-3-8-21(28,19(25)26)15-22-9-12-24-13-10-23-20(24)27/h4-7,16,22,28H,3,8-15H2,1-2H3,(H,23,27). The van der Waals surface area contributed by atoms with Crippen LogP contribution in [0.1, 0.15) is 43.7 Å². The Hall–Kier alpha value is -2.12. The molecule has 1 unspecified atom stereocenters. The van der Waals surface area contributed by atoms with Gasteiger partial charge in [-0.2, -0.15) is 0 Å². The number of nitrogens with zero attached hydrogens (tertiary/aromatic N) is 2. The number of piperidine rings is 1. The van der Waals surface area contributed by atoms with Crippen molar-refractivity contribution in [3.8, 4) is 0 Å². The molecular formula is C21H32N4O3. The monoisotopic (exact) mass is 388 g/mol. The van der Waals surface area contributed by atoms with Gasteiger partial charge in [0, 0.05) is 45.8 Å². The number of amides is 3. The first kappa shape index (κ1) is 20.6. The number of likely N-dealkylation sites (tertiary alicyclic amines) is 1. The fourth-order valence-corrected chi connectivity index (χ4v) is 3.84. The Bertz CT molecular complexity index is 691. The van der Waals surface area contributed by atoms with E-state index in [0.29, 0.717) is 51.6 Å². The van der Waals surface area contributed by atoms with Gasteiger partial charge in [0.2, 0.25) is 0 Å². The highest BCUT2D eigenvalue weighted by atomic mass is 16.3. The van der Waals surface area contributed by atoms with Gasteiger partial charge >= 0.3 is 6.03 Å². The van der Waals surface area contributed by atoms with Gasteiger partial charge in [-0.25, -0.2) is 4.79 Å². The predicted molar refractivity (Wildman–Crippen MR) is 108 cm³/mol. The Morgan fingerprint density at radius 1 is 1.18 bits per heavy atom. The van der Waals surface area contributed by atoms with Crippen molar-refractivity contribution in [3.63, 3.8) is 0 Å². The number of rotatable bonds is 8. The lowest BCUT2D eigenvalue weighted by molar-refractivity contribution is -0.157. The minimum Gasteiger partial charge on any atom is -0.379 e. The van der Waals surface area contributed by atoms with Gasteiger partial charge in [-0.05, 0) is 29.9 Å². The van der Waals surface area contributed by atoms with E-state index in [1.54, 1.807) is 9.80 Å². The minimum absolute atomic E-state index is 0.0519. The normalized spacial score (nSPS) is 22.9. The average molecular weight is 389 g/mol. The largest absolute Gasteiger partial charge is 0.379 e. The first-order chi connectivity index (χ1) is 13.4. The van der Waals surface area contributed by atoms with E-state index in [0.717, 1.165) is 12.0 Å². The molecule has 3 amide bonds. The zero-order chi connectivity index (χ0) is 20.1. The van der Waals surface area contributed by atoms with Gasteiger partial charge in [0.05, 0.1) is 0 Å². The molecule has 154 valence electrons. The number of carbonyl (C=O) groups excluding carboxylic acids is 2. The van der Waals surface area contributed by atoms with Crippen molar-refractivity contribution in [2.24, 2.45) is 0 Å². The van der Waals surface area contributed by atoms with Crippen LogP contribution in [-0.4, -0.2) is 71.7 Å². The number of benzene rings is 1. The second kappa shape index (κ2) is 8.92. The van der Waals surface area contributed by atoms with Gasteiger partial charge in [0.25, 0.3) is 5.91 Å². The Balaban J connectivity index is 1.51. The van der Waals surface area contributed by atoms with Crippen LogP contribution in [0.4, 0.5) is 4.79 Å². The molecule has 2 aliphatic rings. The first-order valence-corrected chi connectivity index (χ1v) is 10.2. The fraction of sp³-hybridized carbons (Fsp3) is 0.619. The van der Waals surface area contributed by atoms with Crippen LogP contribution in [0.3, 0.4) is 0 Å². The second-order valence-electron chi connectivity index (χ2n) is 8.15. The summed E-state index contributed by atoms with van der Waals surface area (Å²) in [5, 5.41) is 16.8. The molecule has 2 heterocycles. The smallest absolute Gasteiger partial charge is 0.317 e. The summed E-state index contributed by atoms with van der Waals surface area (Å²) in [4.78, 5) is 27.9. The lowest BCUT2D eigenvalue weighted by Crippen LogP contribution is -2.58. The number of aliphatic hydroxyl groups is 1. The highest BCUT2D eigenvalue weighted by Gasteiger charge is 2.41. The van der Waals surface area contributed by atoms with Crippen LogP contribution in [0.25, 0.3) is 0 Å². The van der Waals surface area contributed by atoms with Crippen LogP contribution < -0.4 is 10.6 Å². The molecule has 0 radical (unpaired) electrons. The topological polar surface area (TPSA) is 84.9 Å². The second-order valence-corrected chi connectivity index (χ2v) is 8.15. The summed E-state index contributed by atoms with van der Waals surface area (Å²) in [6.45, 7) is 8.22. The van der Waals surface area contributed by atoms with Crippen LogP contribution in [-0.2, 0) is 11.3 Å². The van der Waals surface area contributed by atoms with Crippen LogP contribution in [0.5, 0.6) is 0 Å². The Morgan fingerprint density at radius 2 is 1.93 bits per heavy atom. The molecule has 3 rings (SSSR count). The molecule has 0 bridgehead atoms. The van der Waals surface area contributed by atoms with Gasteiger partial charge in [-0.15, -0.1) is 0 Å². The number of carbonyl (C=O) groups is 2. The molecule has 0 saturated carbocycles. The molecule has 3 N–H and O–H groups in total. The first-order valence-electron chi connectivity index (χ1n) is 10.2. The maximum Gasteiger partial charge on any atom is 0.317 e. The molecule has 2 fully saturated rings. The highest BCUT2D eigenvalue weighted by molar-refractivity contribution is 5.86. The van der Waals surface area contributed by atoms with E-state index < -0.39 is 5.60 Å². The molecule has 7 heteroatoms. The molecule has 2 saturated heterocycles. The van der Waals surface area contributed by atoms with Gasteiger partial charge in [-0.1, -0.05) is 38.1 Å². The maximum absolute atomic E-state index is 12.9. The van der Waals surface area contributed by atoms with E-state index in [-0.39, 0.29) is 18.5 Å². The van der Waals surface area contributed by atoms with Crippen molar-refractivity contribution >= 4 is 11.9 Å². The van der Waals surface area contributed by atoms with Crippen molar-refractivity contribution < 1.29 is 14.7 Å². The van der Waals surface area contributed by atoms with E-state index in [1.165, 1.54) is 5.56 Å². The molecular weight excluding hydrogens is 356 g/mol. The molecule has 1 aromatic carbocycles. The summed E-state index contributed by atoms with van der Waals surface area (Å²) >= 11 is 0. The summed E-state index contributed by atoms with van der Waals surface area (Å²) in [5.74, 6) is 0.270. The SMILES string of the molecule is CC(C)c1ccc(CN2CCCC(O)(CNCCN3CCNC3=O)C2=O)cc1. The van der Waals surface area contributed by atoms with E-state index in [1.807, 2.05) is 0 Å². The summed E-state index contributed by atoms with van der Waals surface area (Å²) in [7, 11) is 0. The van der Waals surface area contributed by atoms with E-state index >= 15 is 0 Å². The van der Waals surface area contributed by atoms with Crippen molar-refractivity contribution in [2.45, 2.75) is 44.8 Å². The third kappa shape index (κ3) is 4.83. The quantitative estimate of drug-likeness (QED) is 0.586. The summed E-state index contributed by atoms with van der Waals surface area (Å²) in [6.07, 6.45) is 1.24. The molecule has 7 nitrogen and oxygen atoms in total. The fourth-order valence-electron chi connectivity index (χ4n) is 3.84. The minimum atomic E-state index is -1.37. The molecule has 0 spiro atoms. The Morgan fingerprint density at radius 3 is 2.57 bits per heavy atom. The van der Waals surface area contributed by atoms with E-state index in [9.17, 15) is 14.7 Å². The van der Waals surface area contributed by atoms with Gasteiger partial charge in [0.1, 0.15) is 0 Å². The number of hydrogen-bond acceptors (Lipinski definition) is 4. The third-order valence-corrected chi connectivity index (χ3v) is 5.64. The molecule has 1 atom stereocenters. The average Bonchev–Trinajstić information content (AvgIpc) is 3.08. The number of urea groups is 1. The predicted octanol–water partition coefficient (Wildman–Crippen LogP) is 1.28. The maximum atomic E-state index is 12.9. The third-order valence-electron chi connectivity index (χ3n) is 5.64. The van der Waals surface area contributed by atoms with Crippen molar-refractivity contribution in [1.82, 2.24) is 20.4 Å². The molecule has 0 aliphatic carbocycles. The molecule has 2 aliphatic heterocycles. The zero-order valence-electron chi connectivity index (χ0n) is 16.9. The van der Waals surface area contributed by atoms with Crippen LogP contribution in [0, 0.1) is 0 Å². The van der Waals surface area contributed by atoms with E-state index in [4.69, 9.17) is 0 Å². The summed E-state index contributed by atoms with van der Waals surface area (Å²) in [6, 6.07) is 8.29. The number of hydrogen-bond donors (Lipinski definition) is 3. The van der Waals surface area contributed by atoms with Crippen molar-refractivity contribution in [3.05, 3.63) is 35.4 Å². The van der Waals surface area contributed by atoms with Crippen LogP contribution in [0.2, 0.25) is 0 Å². The van der Waals surface area contributed by atoms with Gasteiger partial charge in [-0.3, -0.25) is 4.79 Å². The number of nitrogens with one attached hydrogen (secondary N) is 2. The zero-order valence-corrected chi connectivity index (χ0v) is 16.9. The molecule has 28 heavy (non-hydrogen) atoms. The lowest BCUT2D eigenvalue weighted by atomic mass is 9.91. The van der Waals surface area contributed by atoms with Crippen LogP contribution >= 0.6 is 0 Å². The summed E-state index contributed by atoms with van der Waals surface area (Å²) in [5.41, 5.74) is 0.986. The Labute approximate surface area is 167 Å². The van der Waals surface area contributed by atoms with Crippen LogP contribution in [0.15, 0.2) is 24.3 Å². The highest BCUT2D eigenvalue weighted by Crippen LogP contribution is 2.24. The summed E-state index contributed by atoms with van der Waals surface area (Å²) < 4.78 is 0. The van der Waals surface area contributed by atoms with Crippen molar-refractivity contribution in [1.29, 1.82) is 0 Å². The van der Waals surface area contributed by atoms with Crippen molar-refractivity contribution in [2.75, 3.05) is 39.3 Å². The lowest BCUT2D eigenvalue weighted by Gasteiger charge is -2.38. The molecule has 0 aromatic heterocycles.